The molecule has 0 aliphatic heterocycles. The van der Waals surface area contributed by atoms with E-state index in [0.717, 1.165) is 24.2 Å². The second-order valence-corrected chi connectivity index (χ2v) is 7.81. The second kappa shape index (κ2) is 9.15. The van der Waals surface area contributed by atoms with Crippen molar-refractivity contribution in [3.63, 3.8) is 0 Å². The lowest BCUT2D eigenvalue weighted by Gasteiger charge is -2.36. The summed E-state index contributed by atoms with van der Waals surface area (Å²) in [5, 5.41) is 2.56. The van der Waals surface area contributed by atoms with Gasteiger partial charge in [0.05, 0.1) is 12.5 Å². The van der Waals surface area contributed by atoms with Crippen molar-refractivity contribution in [3.8, 4) is 0 Å². The highest BCUT2D eigenvalue weighted by atomic mass is 19.1. The molecule has 1 N–H and O–H groups in total. The zero-order valence-electron chi connectivity index (χ0n) is 16.4. The summed E-state index contributed by atoms with van der Waals surface area (Å²) in [4.78, 5) is 49.8. The van der Waals surface area contributed by atoms with Gasteiger partial charge in [0.15, 0.2) is 6.61 Å². The molecule has 2 saturated carbocycles. The molecule has 8 heteroatoms. The van der Waals surface area contributed by atoms with Crippen LogP contribution in [0.3, 0.4) is 0 Å². The van der Waals surface area contributed by atoms with Crippen LogP contribution in [0.5, 0.6) is 0 Å². The number of likely N-dealkylation sites (N-methyl/N-ethyl adjacent to an activating group) is 1. The Kier molecular flexibility index (Phi) is 6.61. The fraction of sp³-hybridized carbons (Fsp3) is 0.524. The standard InChI is InChI=1S/C21H25FN2O5/c1-24(11-18(25)23-17-7-5-16(22)6-8-17)19(26)12-29-21(28)15-9-13-3-2-4-14(10-15)20(13)27/h5-8,13-15H,2-4,9-12H2,1H3,(H,23,25)/t13-,14-/m1/s1. The van der Waals surface area contributed by atoms with Crippen LogP contribution in [0.25, 0.3) is 0 Å². The summed E-state index contributed by atoms with van der Waals surface area (Å²) in [5.41, 5.74) is 0.418. The second-order valence-electron chi connectivity index (χ2n) is 7.81. The van der Waals surface area contributed by atoms with Gasteiger partial charge in [-0.3, -0.25) is 19.2 Å². The number of nitrogens with zero attached hydrogens (tertiary/aromatic N) is 1. The quantitative estimate of drug-likeness (QED) is 0.734. The molecule has 2 fully saturated rings. The average Bonchev–Trinajstić information content (AvgIpc) is 2.67. The minimum absolute atomic E-state index is 0.0615. The first-order chi connectivity index (χ1) is 13.8. The SMILES string of the molecule is CN(CC(=O)Nc1ccc(F)cc1)C(=O)COC(=O)C1C[C@H]2CCC[C@H](C1)C2=O. The number of amides is 2. The molecule has 1 aromatic carbocycles. The first kappa shape index (κ1) is 21.0. The number of halogens is 1. The van der Waals surface area contributed by atoms with E-state index in [1.54, 1.807) is 0 Å². The third kappa shape index (κ3) is 5.40. The van der Waals surface area contributed by atoms with Crippen molar-refractivity contribution in [1.82, 2.24) is 4.90 Å². The van der Waals surface area contributed by atoms with Crippen molar-refractivity contribution in [3.05, 3.63) is 30.1 Å². The molecule has 1 aromatic rings. The maximum Gasteiger partial charge on any atom is 0.309 e. The number of benzene rings is 1. The molecule has 2 amide bonds. The molecule has 0 spiro atoms. The lowest BCUT2D eigenvalue weighted by atomic mass is 9.67. The normalized spacial score (nSPS) is 23.2. The number of rotatable bonds is 6. The number of esters is 1. The van der Waals surface area contributed by atoms with Gasteiger partial charge in [-0.2, -0.15) is 0 Å². The van der Waals surface area contributed by atoms with Gasteiger partial charge >= 0.3 is 5.97 Å². The Labute approximate surface area is 168 Å². The zero-order valence-corrected chi connectivity index (χ0v) is 16.4. The lowest BCUT2D eigenvalue weighted by molar-refractivity contribution is -0.158. The van der Waals surface area contributed by atoms with Crippen LogP contribution >= 0.6 is 0 Å². The van der Waals surface area contributed by atoms with E-state index in [9.17, 15) is 23.6 Å². The summed E-state index contributed by atoms with van der Waals surface area (Å²) in [6.07, 6.45) is 3.66. The van der Waals surface area contributed by atoms with E-state index in [1.165, 1.54) is 31.3 Å². The molecule has 0 heterocycles. The van der Waals surface area contributed by atoms with E-state index in [-0.39, 0.29) is 30.1 Å². The number of carbonyl (C=O) groups excluding carboxylic acids is 4. The Morgan fingerprint density at radius 3 is 2.38 bits per heavy atom. The predicted molar refractivity (Wildman–Crippen MR) is 102 cm³/mol. The molecule has 2 aliphatic rings. The van der Waals surface area contributed by atoms with Crippen LogP contribution in [0.1, 0.15) is 32.1 Å². The zero-order chi connectivity index (χ0) is 21.0. The van der Waals surface area contributed by atoms with E-state index in [1.807, 2.05) is 0 Å². The van der Waals surface area contributed by atoms with Gasteiger partial charge in [-0.15, -0.1) is 0 Å². The van der Waals surface area contributed by atoms with E-state index < -0.39 is 30.2 Å². The van der Waals surface area contributed by atoms with Gasteiger partial charge in [0, 0.05) is 24.6 Å². The van der Waals surface area contributed by atoms with Gasteiger partial charge in [-0.05, 0) is 49.9 Å². The molecule has 3 rings (SSSR count). The molecular weight excluding hydrogens is 379 g/mol. The number of hydrogen-bond acceptors (Lipinski definition) is 5. The highest BCUT2D eigenvalue weighted by Crippen LogP contribution is 2.40. The molecule has 2 bridgehead atoms. The molecule has 7 nitrogen and oxygen atoms in total. The minimum atomic E-state index is -0.500. The third-order valence-corrected chi connectivity index (χ3v) is 5.65. The average molecular weight is 404 g/mol. The van der Waals surface area contributed by atoms with Crippen LogP contribution in [-0.4, -0.2) is 48.7 Å². The van der Waals surface area contributed by atoms with Crippen LogP contribution < -0.4 is 5.32 Å². The van der Waals surface area contributed by atoms with Crippen molar-refractivity contribution >= 4 is 29.3 Å². The molecule has 0 aromatic heterocycles. The highest BCUT2D eigenvalue weighted by molar-refractivity contribution is 5.95. The molecular formula is C21H25FN2O5. The Balaban J connectivity index is 1.42. The monoisotopic (exact) mass is 404 g/mol. The molecule has 2 atom stereocenters. The number of Topliss-reactive ketones (excluding diaryl/α,β-unsaturated/α-hetero) is 1. The van der Waals surface area contributed by atoms with Gasteiger partial charge in [0.2, 0.25) is 5.91 Å². The van der Waals surface area contributed by atoms with E-state index in [4.69, 9.17) is 4.74 Å². The predicted octanol–water partition coefficient (Wildman–Crippen LogP) is 2.16. The van der Waals surface area contributed by atoms with E-state index in [2.05, 4.69) is 5.32 Å². The van der Waals surface area contributed by atoms with Crippen LogP contribution in [0.4, 0.5) is 10.1 Å². The summed E-state index contributed by atoms with van der Waals surface area (Å²) in [6, 6.07) is 5.27. The van der Waals surface area contributed by atoms with Crippen molar-refractivity contribution in [1.29, 1.82) is 0 Å². The number of fused-ring (bicyclic) bond motifs is 2. The summed E-state index contributed by atoms with van der Waals surface area (Å²) < 4.78 is 18.0. The molecule has 0 radical (unpaired) electrons. The molecule has 0 saturated heterocycles. The van der Waals surface area contributed by atoms with Gasteiger partial charge in [-0.25, -0.2) is 4.39 Å². The van der Waals surface area contributed by atoms with Crippen molar-refractivity contribution in [2.24, 2.45) is 17.8 Å². The molecule has 2 aliphatic carbocycles. The summed E-state index contributed by atoms with van der Waals surface area (Å²) in [5.74, 6) is -2.01. The van der Waals surface area contributed by atoms with Gasteiger partial charge < -0.3 is 15.0 Å². The number of anilines is 1. The van der Waals surface area contributed by atoms with Crippen LogP contribution in [0.15, 0.2) is 24.3 Å². The summed E-state index contributed by atoms with van der Waals surface area (Å²) >= 11 is 0. The van der Waals surface area contributed by atoms with Gasteiger partial charge in [0.1, 0.15) is 11.6 Å². The first-order valence-electron chi connectivity index (χ1n) is 9.83. The first-order valence-corrected chi connectivity index (χ1v) is 9.83. The Bertz CT molecular complexity index is 779. The fourth-order valence-electron chi connectivity index (χ4n) is 4.07. The Hall–Kier alpha value is -2.77. The molecule has 29 heavy (non-hydrogen) atoms. The van der Waals surface area contributed by atoms with Crippen LogP contribution in [0.2, 0.25) is 0 Å². The van der Waals surface area contributed by atoms with Crippen molar-refractivity contribution in [2.75, 3.05) is 25.5 Å². The Morgan fingerprint density at radius 1 is 1.14 bits per heavy atom. The number of ketones is 1. The maximum atomic E-state index is 12.9. The molecule has 156 valence electrons. The highest BCUT2D eigenvalue weighted by Gasteiger charge is 2.41. The Morgan fingerprint density at radius 2 is 1.76 bits per heavy atom. The van der Waals surface area contributed by atoms with Gasteiger partial charge in [-0.1, -0.05) is 6.42 Å². The number of hydrogen-bond donors (Lipinski definition) is 1. The minimum Gasteiger partial charge on any atom is -0.455 e. The number of nitrogens with one attached hydrogen (secondary N) is 1. The largest absolute Gasteiger partial charge is 0.455 e. The number of ether oxygens (including phenoxy) is 1. The maximum absolute atomic E-state index is 12.9. The third-order valence-electron chi connectivity index (χ3n) is 5.65. The van der Waals surface area contributed by atoms with E-state index >= 15 is 0 Å². The summed E-state index contributed by atoms with van der Waals surface area (Å²) in [7, 11) is 1.43. The van der Waals surface area contributed by atoms with E-state index in [0.29, 0.717) is 18.5 Å². The van der Waals surface area contributed by atoms with Crippen LogP contribution in [0, 0.1) is 23.6 Å². The lowest BCUT2D eigenvalue weighted by Crippen LogP contribution is -2.41. The number of carbonyl (C=O) groups is 4. The van der Waals surface area contributed by atoms with Crippen molar-refractivity contribution < 1.29 is 28.3 Å². The molecule has 0 unspecified atom stereocenters. The van der Waals surface area contributed by atoms with Crippen LogP contribution in [-0.2, 0) is 23.9 Å². The fourth-order valence-corrected chi connectivity index (χ4v) is 4.07. The van der Waals surface area contributed by atoms with Crippen molar-refractivity contribution in [2.45, 2.75) is 32.1 Å². The smallest absolute Gasteiger partial charge is 0.309 e. The topological polar surface area (TPSA) is 92.8 Å². The van der Waals surface area contributed by atoms with Gasteiger partial charge in [0.25, 0.3) is 5.91 Å². The summed E-state index contributed by atoms with van der Waals surface area (Å²) in [6.45, 7) is -0.672.